The third-order valence-corrected chi connectivity index (χ3v) is 15.6. The maximum absolute atomic E-state index is 13.2. The summed E-state index contributed by atoms with van der Waals surface area (Å²) in [4.78, 5) is 13.2. The van der Waals surface area contributed by atoms with E-state index < -0.39 is 74.2 Å². The number of rotatable bonds is 56. The van der Waals surface area contributed by atoms with Crippen LogP contribution in [0.25, 0.3) is 0 Å². The predicted octanol–water partition coefficient (Wildman–Crippen LogP) is 14.6. The van der Waals surface area contributed by atoms with Gasteiger partial charge >= 0.3 is 0 Å². The van der Waals surface area contributed by atoms with E-state index in [4.69, 9.17) is 9.47 Å². The molecule has 9 unspecified atom stereocenters. The maximum atomic E-state index is 13.2. The molecule has 1 rings (SSSR count). The van der Waals surface area contributed by atoms with Crippen LogP contribution < -0.4 is 5.32 Å². The first-order valence-electron chi connectivity index (χ1n) is 32.4. The van der Waals surface area contributed by atoms with Crippen molar-refractivity contribution >= 4 is 5.91 Å². The highest BCUT2D eigenvalue weighted by Gasteiger charge is 2.44. The Morgan fingerprint density at radius 2 is 0.789 bits per heavy atom. The molecule has 0 bridgehead atoms. The number of hydrogen-bond donors (Lipinski definition) is 8. The molecule has 0 radical (unpaired) electrons. The van der Waals surface area contributed by atoms with E-state index in [1.165, 1.54) is 218 Å². The van der Waals surface area contributed by atoms with Crippen molar-refractivity contribution < 1.29 is 50.0 Å². The van der Waals surface area contributed by atoms with Gasteiger partial charge in [-0.2, -0.15) is 0 Å². The van der Waals surface area contributed by atoms with Crippen molar-refractivity contribution in [2.75, 3.05) is 13.2 Å². The second-order valence-corrected chi connectivity index (χ2v) is 22.8. The Kier molecular flexibility index (Phi) is 51.3. The highest BCUT2D eigenvalue weighted by molar-refractivity contribution is 5.80. The van der Waals surface area contributed by atoms with Crippen LogP contribution in [0.3, 0.4) is 0 Å². The number of aliphatic hydroxyl groups excluding tert-OH is 7. The van der Waals surface area contributed by atoms with Crippen molar-refractivity contribution in [1.29, 1.82) is 0 Å². The summed E-state index contributed by atoms with van der Waals surface area (Å²) in [6.45, 7) is 3.43. The molecule has 8 N–H and O–H groups in total. The fraction of sp³-hybridized carbons (Fsp3) is 0.892. The molecule has 0 spiro atoms. The SMILES string of the molecule is CCCCCC/C=C/CC/C=C/CCCC(O)C(O)C(COC1OC(CO)C(O)C(O)C1O)NC(=O)C(O)CCCCCCCCCCCCCCCCCC/C=C\CCCCCCCCCCCCCCCCCC. The number of aliphatic hydroxyl groups is 7. The van der Waals surface area contributed by atoms with Gasteiger partial charge in [0.2, 0.25) is 5.91 Å². The van der Waals surface area contributed by atoms with Crippen LogP contribution in [0, 0.1) is 0 Å². The maximum Gasteiger partial charge on any atom is 0.249 e. The Hall–Kier alpha value is -1.67. The molecule has 0 aromatic rings. The Morgan fingerprint density at radius 3 is 1.18 bits per heavy atom. The topological polar surface area (TPSA) is 189 Å². The van der Waals surface area contributed by atoms with E-state index in [9.17, 15) is 40.5 Å². The fourth-order valence-electron chi connectivity index (χ4n) is 10.4. The van der Waals surface area contributed by atoms with Crippen molar-refractivity contribution in [2.24, 2.45) is 0 Å². The van der Waals surface area contributed by atoms with Crippen molar-refractivity contribution in [3.63, 3.8) is 0 Å². The Morgan fingerprint density at radius 1 is 0.447 bits per heavy atom. The number of hydrogen-bond acceptors (Lipinski definition) is 10. The highest BCUT2D eigenvalue weighted by atomic mass is 16.7. The van der Waals surface area contributed by atoms with Crippen LogP contribution in [0.2, 0.25) is 0 Å². The molecule has 1 saturated heterocycles. The molecule has 0 saturated carbocycles. The minimum Gasteiger partial charge on any atom is -0.394 e. The lowest BCUT2D eigenvalue weighted by Crippen LogP contribution is -2.60. The summed E-state index contributed by atoms with van der Waals surface area (Å²) in [6, 6.07) is -1.19. The van der Waals surface area contributed by atoms with Crippen LogP contribution in [0.1, 0.15) is 303 Å². The van der Waals surface area contributed by atoms with E-state index in [1.54, 1.807) is 0 Å². The molecule has 11 nitrogen and oxygen atoms in total. The average Bonchev–Trinajstić information content (AvgIpc) is 3.42. The molecule has 9 atom stereocenters. The lowest BCUT2D eigenvalue weighted by Gasteiger charge is -2.40. The Bertz CT molecular complexity index is 1330. The van der Waals surface area contributed by atoms with Crippen LogP contribution in [0.4, 0.5) is 0 Å². The summed E-state index contributed by atoms with van der Waals surface area (Å²) in [5, 5.41) is 76.0. The van der Waals surface area contributed by atoms with Crippen molar-refractivity contribution in [3.8, 4) is 0 Å². The minimum absolute atomic E-state index is 0.246. The van der Waals surface area contributed by atoms with Crippen LogP contribution >= 0.6 is 0 Å². The summed E-state index contributed by atoms with van der Waals surface area (Å²) < 4.78 is 11.1. The number of ether oxygens (including phenoxy) is 2. The first-order chi connectivity index (χ1) is 37.2. The molecule has 1 amide bonds. The molecule has 0 aromatic carbocycles. The number of carbonyl (C=O) groups excluding carboxylic acids is 1. The zero-order chi connectivity index (χ0) is 55.4. The molecule has 1 aliphatic rings. The summed E-state index contributed by atoms with van der Waals surface area (Å²) in [5.74, 6) is -0.708. The lowest BCUT2D eigenvalue weighted by molar-refractivity contribution is -0.303. The van der Waals surface area contributed by atoms with Gasteiger partial charge in [0.25, 0.3) is 0 Å². The third kappa shape index (κ3) is 41.4. The molecule has 0 aliphatic carbocycles. The largest absolute Gasteiger partial charge is 0.394 e. The van der Waals surface area contributed by atoms with Gasteiger partial charge in [0.15, 0.2) is 6.29 Å². The molecule has 0 aromatic heterocycles. The zero-order valence-electron chi connectivity index (χ0n) is 49.2. The molecule has 11 heteroatoms. The van der Waals surface area contributed by atoms with Gasteiger partial charge in [-0.1, -0.05) is 262 Å². The standard InChI is InChI=1S/C65H123NO10/c1-3-5-7-9-11-13-15-17-18-19-20-21-22-23-24-25-26-27-28-29-30-31-32-33-34-35-36-37-38-39-41-43-45-47-49-51-53-58(69)64(74)66-56(55-75-65-63(73)62(72)61(71)59(54-67)76-65)60(70)57(68)52-50-48-46-44-42-40-16-14-12-10-8-6-4-2/h14,16,27-28,44,46,56-63,65,67-73H,3-13,15,17-26,29-43,45,47-55H2,1-2H3,(H,66,74)/b16-14+,28-27-,46-44+. The zero-order valence-corrected chi connectivity index (χ0v) is 49.2. The van der Waals surface area contributed by atoms with Gasteiger partial charge in [0, 0.05) is 0 Å². The van der Waals surface area contributed by atoms with Crippen molar-refractivity contribution in [1.82, 2.24) is 5.32 Å². The number of amides is 1. The van der Waals surface area contributed by atoms with E-state index in [0.29, 0.717) is 19.3 Å². The van der Waals surface area contributed by atoms with Gasteiger partial charge in [-0.3, -0.25) is 4.79 Å². The molecule has 76 heavy (non-hydrogen) atoms. The number of nitrogens with one attached hydrogen (secondary N) is 1. The summed E-state index contributed by atoms with van der Waals surface area (Å²) in [6.07, 6.45) is 56.8. The number of unbranched alkanes of at least 4 members (excludes halogenated alkanes) is 38. The van der Waals surface area contributed by atoms with E-state index in [2.05, 4.69) is 55.6 Å². The third-order valence-electron chi connectivity index (χ3n) is 15.6. The fourth-order valence-corrected chi connectivity index (χ4v) is 10.4. The van der Waals surface area contributed by atoms with Crippen LogP contribution in [-0.2, 0) is 14.3 Å². The summed E-state index contributed by atoms with van der Waals surface area (Å²) in [7, 11) is 0. The van der Waals surface area contributed by atoms with E-state index >= 15 is 0 Å². The van der Waals surface area contributed by atoms with Gasteiger partial charge in [-0.15, -0.1) is 0 Å². The molecular weight excluding hydrogens is 955 g/mol. The van der Waals surface area contributed by atoms with E-state index in [-0.39, 0.29) is 12.8 Å². The van der Waals surface area contributed by atoms with E-state index in [0.717, 1.165) is 38.5 Å². The molecule has 1 heterocycles. The lowest BCUT2D eigenvalue weighted by atomic mass is 9.98. The van der Waals surface area contributed by atoms with Crippen molar-refractivity contribution in [2.45, 2.75) is 358 Å². The average molecular weight is 1080 g/mol. The summed E-state index contributed by atoms with van der Waals surface area (Å²) >= 11 is 0. The van der Waals surface area contributed by atoms with Crippen LogP contribution in [0.15, 0.2) is 36.5 Å². The van der Waals surface area contributed by atoms with Gasteiger partial charge in [-0.25, -0.2) is 0 Å². The van der Waals surface area contributed by atoms with Gasteiger partial charge in [0.05, 0.1) is 25.4 Å². The quantitative estimate of drug-likeness (QED) is 0.0215. The van der Waals surface area contributed by atoms with Crippen LogP contribution in [-0.4, -0.2) is 110 Å². The molecule has 448 valence electrons. The highest BCUT2D eigenvalue weighted by Crippen LogP contribution is 2.24. The van der Waals surface area contributed by atoms with E-state index in [1.807, 2.05) is 0 Å². The first-order valence-corrected chi connectivity index (χ1v) is 32.4. The Balaban J connectivity index is 2.14. The number of allylic oxidation sites excluding steroid dienone is 6. The monoisotopic (exact) mass is 1080 g/mol. The normalized spacial score (nSPS) is 19.8. The molecule has 1 aliphatic heterocycles. The summed E-state index contributed by atoms with van der Waals surface area (Å²) in [5.41, 5.74) is 0. The van der Waals surface area contributed by atoms with Gasteiger partial charge in [-0.05, 0) is 77.0 Å². The Labute approximate surface area is 467 Å². The van der Waals surface area contributed by atoms with Crippen LogP contribution in [0.5, 0.6) is 0 Å². The molecular formula is C65H123NO10. The predicted molar refractivity (Wildman–Crippen MR) is 316 cm³/mol. The first kappa shape index (κ1) is 72.3. The van der Waals surface area contributed by atoms with Gasteiger partial charge in [0.1, 0.15) is 36.6 Å². The smallest absolute Gasteiger partial charge is 0.249 e. The minimum atomic E-state index is -1.67. The second kappa shape index (κ2) is 53.9. The number of carbonyl (C=O) groups is 1. The second-order valence-electron chi connectivity index (χ2n) is 22.8. The molecule has 1 fully saturated rings. The van der Waals surface area contributed by atoms with Crippen molar-refractivity contribution in [3.05, 3.63) is 36.5 Å². The van der Waals surface area contributed by atoms with Gasteiger partial charge < -0.3 is 50.5 Å².